The zero-order valence-electron chi connectivity index (χ0n) is 9.80. The summed E-state index contributed by atoms with van der Waals surface area (Å²) >= 11 is 0. The number of aromatic carboxylic acids is 1. The van der Waals surface area contributed by atoms with Crippen LogP contribution in [0, 0.1) is 5.92 Å². The third-order valence-corrected chi connectivity index (χ3v) is 3.21. The number of hydrogen-bond acceptors (Lipinski definition) is 4. The monoisotopic (exact) mass is 236 g/mol. The zero-order chi connectivity index (χ0) is 12.3. The summed E-state index contributed by atoms with van der Waals surface area (Å²) in [6, 6.07) is 1.41. The Bertz CT molecular complexity index is 408. The fourth-order valence-corrected chi connectivity index (χ4v) is 2.17. The van der Waals surface area contributed by atoms with Crippen LogP contribution in [0.2, 0.25) is 0 Å². The molecule has 1 N–H and O–H groups in total. The first-order valence-electron chi connectivity index (χ1n) is 5.90. The van der Waals surface area contributed by atoms with Crippen LogP contribution in [0.25, 0.3) is 0 Å². The molecule has 0 aromatic carbocycles. The van der Waals surface area contributed by atoms with Gasteiger partial charge in [0, 0.05) is 0 Å². The van der Waals surface area contributed by atoms with Crippen molar-refractivity contribution in [2.24, 2.45) is 5.92 Å². The van der Waals surface area contributed by atoms with Gasteiger partial charge in [-0.05, 0) is 31.2 Å². The fraction of sp³-hybridized carbons (Fsp3) is 0.583. The number of carbonyl (C=O) groups is 1. The lowest BCUT2D eigenvalue weighted by molar-refractivity contribution is 0.0665. The van der Waals surface area contributed by atoms with Crippen LogP contribution in [-0.2, 0) is 0 Å². The van der Waals surface area contributed by atoms with Gasteiger partial charge >= 0.3 is 5.97 Å². The van der Waals surface area contributed by atoms with Crippen LogP contribution in [0.3, 0.4) is 0 Å². The Kier molecular flexibility index (Phi) is 3.56. The van der Waals surface area contributed by atoms with E-state index in [0.717, 1.165) is 19.3 Å². The molecule has 5 heteroatoms. The third-order valence-electron chi connectivity index (χ3n) is 3.21. The van der Waals surface area contributed by atoms with Gasteiger partial charge in [0.1, 0.15) is 11.7 Å². The first-order valence-corrected chi connectivity index (χ1v) is 5.90. The van der Waals surface area contributed by atoms with E-state index in [9.17, 15) is 4.79 Å². The van der Waals surface area contributed by atoms with Crippen LogP contribution in [-0.4, -0.2) is 27.4 Å². The van der Waals surface area contributed by atoms with E-state index in [1.54, 1.807) is 0 Å². The van der Waals surface area contributed by atoms with Crippen LogP contribution in [0.15, 0.2) is 12.3 Å². The highest BCUT2D eigenvalue weighted by Crippen LogP contribution is 2.28. The lowest BCUT2D eigenvalue weighted by Gasteiger charge is -2.28. The first-order chi connectivity index (χ1) is 8.18. The molecule has 2 atom stereocenters. The Balaban J connectivity index is 2.14. The molecule has 17 heavy (non-hydrogen) atoms. The fourth-order valence-electron chi connectivity index (χ4n) is 2.17. The topological polar surface area (TPSA) is 72.3 Å². The van der Waals surface area contributed by atoms with Crippen molar-refractivity contribution < 1.29 is 14.6 Å². The minimum Gasteiger partial charge on any atom is -0.477 e. The first kappa shape index (κ1) is 11.8. The van der Waals surface area contributed by atoms with Crippen LogP contribution >= 0.6 is 0 Å². The van der Waals surface area contributed by atoms with Crippen molar-refractivity contribution in [3.8, 4) is 5.88 Å². The standard InChI is InChI=1S/C12H16N2O3/c1-8-4-2-3-5-10(8)17-11-9(12(15)16)6-7-13-14-11/h6-8,10H,2-5H2,1H3,(H,15,16). The summed E-state index contributed by atoms with van der Waals surface area (Å²) in [6.45, 7) is 2.13. The van der Waals surface area contributed by atoms with Crippen molar-refractivity contribution in [3.63, 3.8) is 0 Å². The molecule has 1 heterocycles. The summed E-state index contributed by atoms with van der Waals surface area (Å²) < 4.78 is 5.71. The minimum atomic E-state index is -1.03. The lowest BCUT2D eigenvalue weighted by atomic mass is 9.88. The van der Waals surface area contributed by atoms with Gasteiger partial charge in [0.2, 0.25) is 5.88 Å². The summed E-state index contributed by atoms with van der Waals surface area (Å²) in [7, 11) is 0. The summed E-state index contributed by atoms with van der Waals surface area (Å²) in [5.41, 5.74) is 0.0813. The number of carboxylic acids is 1. The predicted octanol–water partition coefficient (Wildman–Crippen LogP) is 2.13. The predicted molar refractivity (Wildman–Crippen MR) is 61.0 cm³/mol. The molecular formula is C12H16N2O3. The molecule has 1 fully saturated rings. The summed E-state index contributed by atoms with van der Waals surface area (Å²) in [6.07, 6.45) is 5.83. The van der Waals surface area contributed by atoms with Gasteiger partial charge in [-0.15, -0.1) is 5.10 Å². The van der Waals surface area contributed by atoms with Crippen molar-refractivity contribution in [3.05, 3.63) is 17.8 Å². The Hall–Kier alpha value is -1.65. The van der Waals surface area contributed by atoms with Gasteiger partial charge in [0.05, 0.1) is 6.20 Å². The van der Waals surface area contributed by atoms with Crippen molar-refractivity contribution in [2.75, 3.05) is 0 Å². The van der Waals surface area contributed by atoms with E-state index in [1.807, 2.05) is 0 Å². The molecule has 1 aromatic heterocycles. The normalized spacial score (nSPS) is 24.3. The summed E-state index contributed by atoms with van der Waals surface area (Å²) in [4.78, 5) is 11.0. The lowest BCUT2D eigenvalue weighted by Crippen LogP contribution is -2.29. The zero-order valence-corrected chi connectivity index (χ0v) is 9.80. The van der Waals surface area contributed by atoms with Crippen LogP contribution in [0.5, 0.6) is 5.88 Å². The van der Waals surface area contributed by atoms with Crippen molar-refractivity contribution >= 4 is 5.97 Å². The molecule has 0 saturated heterocycles. The van der Waals surface area contributed by atoms with E-state index >= 15 is 0 Å². The molecule has 0 amide bonds. The van der Waals surface area contributed by atoms with Gasteiger partial charge in [0.25, 0.3) is 0 Å². The van der Waals surface area contributed by atoms with Gasteiger partial charge in [0.15, 0.2) is 0 Å². The molecule has 0 radical (unpaired) electrons. The van der Waals surface area contributed by atoms with E-state index in [0.29, 0.717) is 5.92 Å². The number of hydrogen-bond donors (Lipinski definition) is 1. The van der Waals surface area contributed by atoms with E-state index in [4.69, 9.17) is 9.84 Å². The second-order valence-corrected chi connectivity index (χ2v) is 4.47. The van der Waals surface area contributed by atoms with Crippen LogP contribution in [0.4, 0.5) is 0 Å². The van der Waals surface area contributed by atoms with E-state index in [-0.39, 0.29) is 17.5 Å². The highest BCUT2D eigenvalue weighted by Gasteiger charge is 2.25. The highest BCUT2D eigenvalue weighted by molar-refractivity contribution is 5.89. The summed E-state index contributed by atoms with van der Waals surface area (Å²) in [5.74, 6) is -0.454. The molecule has 92 valence electrons. The Morgan fingerprint density at radius 2 is 2.24 bits per heavy atom. The number of nitrogens with zero attached hydrogens (tertiary/aromatic N) is 2. The molecule has 1 saturated carbocycles. The smallest absolute Gasteiger partial charge is 0.341 e. The maximum Gasteiger partial charge on any atom is 0.341 e. The molecule has 1 aliphatic rings. The van der Waals surface area contributed by atoms with E-state index in [2.05, 4.69) is 17.1 Å². The Labute approximate surface area is 99.8 Å². The van der Waals surface area contributed by atoms with E-state index in [1.165, 1.54) is 18.7 Å². The number of carboxylic acid groups (broad SMARTS) is 1. The van der Waals surface area contributed by atoms with Crippen LogP contribution < -0.4 is 4.74 Å². The molecule has 0 bridgehead atoms. The summed E-state index contributed by atoms with van der Waals surface area (Å²) in [5, 5.41) is 16.5. The average molecular weight is 236 g/mol. The minimum absolute atomic E-state index is 0.0542. The molecule has 2 rings (SSSR count). The molecule has 1 aliphatic carbocycles. The molecule has 0 spiro atoms. The van der Waals surface area contributed by atoms with Crippen molar-refractivity contribution in [1.82, 2.24) is 10.2 Å². The molecular weight excluding hydrogens is 220 g/mol. The molecule has 5 nitrogen and oxygen atoms in total. The van der Waals surface area contributed by atoms with Gasteiger partial charge in [-0.2, -0.15) is 5.10 Å². The number of ether oxygens (including phenoxy) is 1. The quantitative estimate of drug-likeness (QED) is 0.870. The number of rotatable bonds is 3. The second-order valence-electron chi connectivity index (χ2n) is 4.47. The largest absolute Gasteiger partial charge is 0.477 e. The average Bonchev–Trinajstić information content (AvgIpc) is 2.32. The molecule has 0 aliphatic heterocycles. The van der Waals surface area contributed by atoms with Crippen LogP contribution in [0.1, 0.15) is 43.0 Å². The third kappa shape index (κ3) is 2.72. The van der Waals surface area contributed by atoms with Gasteiger partial charge in [-0.1, -0.05) is 13.3 Å². The highest BCUT2D eigenvalue weighted by atomic mass is 16.5. The van der Waals surface area contributed by atoms with Gasteiger partial charge < -0.3 is 9.84 Å². The maximum atomic E-state index is 11.0. The van der Waals surface area contributed by atoms with Gasteiger partial charge in [-0.3, -0.25) is 0 Å². The van der Waals surface area contributed by atoms with Crippen molar-refractivity contribution in [1.29, 1.82) is 0 Å². The maximum absolute atomic E-state index is 11.0. The SMILES string of the molecule is CC1CCCCC1Oc1nnccc1C(=O)O. The Morgan fingerprint density at radius 1 is 1.47 bits per heavy atom. The molecule has 1 aromatic rings. The number of aromatic nitrogens is 2. The van der Waals surface area contributed by atoms with Gasteiger partial charge in [-0.25, -0.2) is 4.79 Å². The second kappa shape index (κ2) is 5.12. The molecule has 2 unspecified atom stereocenters. The van der Waals surface area contributed by atoms with E-state index < -0.39 is 5.97 Å². The van der Waals surface area contributed by atoms with Crippen molar-refractivity contribution in [2.45, 2.75) is 38.7 Å². The Morgan fingerprint density at radius 3 is 2.94 bits per heavy atom.